The fraction of sp³-hybridized carbons (Fsp3) is 0.650. The zero-order chi connectivity index (χ0) is 18.4. The highest BCUT2D eigenvalue weighted by Crippen LogP contribution is 2.31. The number of carbonyl (C=O) groups excluding carboxylic acids is 2. The highest BCUT2D eigenvalue weighted by atomic mass is 16.2. The molecule has 0 radical (unpaired) electrons. The van der Waals surface area contributed by atoms with Crippen LogP contribution in [0.5, 0.6) is 0 Å². The van der Waals surface area contributed by atoms with Gasteiger partial charge in [0.05, 0.1) is 0 Å². The molecule has 5 nitrogen and oxygen atoms in total. The second-order valence-electron chi connectivity index (χ2n) is 8.06. The van der Waals surface area contributed by atoms with Crippen LogP contribution < -0.4 is 5.32 Å². The molecule has 0 spiro atoms. The molecule has 0 bridgehead atoms. The van der Waals surface area contributed by atoms with Crippen LogP contribution in [-0.4, -0.2) is 34.8 Å². The second-order valence-corrected chi connectivity index (χ2v) is 8.06. The maximum atomic E-state index is 12.5. The Kier molecular flexibility index (Phi) is 6.57. The van der Waals surface area contributed by atoms with E-state index in [0.717, 1.165) is 31.5 Å². The monoisotopic (exact) mass is 345 g/mol. The zero-order valence-electron chi connectivity index (χ0n) is 15.9. The number of pyridine rings is 1. The summed E-state index contributed by atoms with van der Waals surface area (Å²) in [7, 11) is 0. The molecule has 1 aliphatic heterocycles. The van der Waals surface area contributed by atoms with Crippen molar-refractivity contribution in [2.75, 3.05) is 13.1 Å². The minimum atomic E-state index is -0.341. The highest BCUT2D eigenvalue weighted by molar-refractivity contribution is 5.81. The van der Waals surface area contributed by atoms with Gasteiger partial charge in [-0.25, -0.2) is 0 Å². The van der Waals surface area contributed by atoms with Gasteiger partial charge in [0.1, 0.15) is 0 Å². The van der Waals surface area contributed by atoms with Crippen molar-refractivity contribution in [2.45, 2.75) is 53.5 Å². The van der Waals surface area contributed by atoms with Gasteiger partial charge in [-0.3, -0.25) is 14.6 Å². The number of amides is 2. The van der Waals surface area contributed by atoms with Gasteiger partial charge < -0.3 is 10.2 Å². The molecular weight excluding hydrogens is 314 g/mol. The van der Waals surface area contributed by atoms with Gasteiger partial charge in [-0.15, -0.1) is 0 Å². The Hall–Kier alpha value is -1.91. The smallest absolute Gasteiger partial charge is 0.227 e. The van der Waals surface area contributed by atoms with E-state index in [2.05, 4.69) is 17.2 Å². The Balaban J connectivity index is 1.86. The van der Waals surface area contributed by atoms with Gasteiger partial charge in [0.2, 0.25) is 11.8 Å². The van der Waals surface area contributed by atoms with Gasteiger partial charge in [-0.2, -0.15) is 0 Å². The molecule has 2 amide bonds. The van der Waals surface area contributed by atoms with E-state index in [1.807, 2.05) is 37.8 Å². The molecular formula is C20H31N3O2. The first-order valence-electron chi connectivity index (χ1n) is 9.26. The summed E-state index contributed by atoms with van der Waals surface area (Å²) in [5.41, 5.74) is 0.667. The summed E-state index contributed by atoms with van der Waals surface area (Å²) in [5.74, 6) is 1.04. The lowest BCUT2D eigenvalue weighted by Gasteiger charge is -2.40. The number of rotatable bonds is 5. The van der Waals surface area contributed by atoms with Crippen molar-refractivity contribution in [1.82, 2.24) is 15.2 Å². The summed E-state index contributed by atoms with van der Waals surface area (Å²) in [5, 5.41) is 2.99. The molecule has 1 fully saturated rings. The van der Waals surface area contributed by atoms with E-state index in [1.54, 1.807) is 12.4 Å². The molecule has 0 saturated carbocycles. The van der Waals surface area contributed by atoms with Gasteiger partial charge in [0, 0.05) is 43.9 Å². The number of aromatic nitrogens is 1. The fourth-order valence-electron chi connectivity index (χ4n) is 3.48. The minimum Gasteiger partial charge on any atom is -0.352 e. The summed E-state index contributed by atoms with van der Waals surface area (Å²) in [6.07, 6.45) is 5.93. The molecule has 25 heavy (non-hydrogen) atoms. The topological polar surface area (TPSA) is 62.3 Å². The lowest BCUT2D eigenvalue weighted by molar-refractivity contribution is -0.142. The first-order valence-corrected chi connectivity index (χ1v) is 9.26. The van der Waals surface area contributed by atoms with E-state index in [1.165, 1.54) is 0 Å². The number of hydrogen-bond acceptors (Lipinski definition) is 3. The third-order valence-electron chi connectivity index (χ3n) is 5.00. The molecule has 2 atom stereocenters. The molecule has 1 aliphatic rings. The Labute approximate surface area is 151 Å². The van der Waals surface area contributed by atoms with Crippen LogP contribution in [0.4, 0.5) is 0 Å². The van der Waals surface area contributed by atoms with Crippen molar-refractivity contribution < 1.29 is 9.59 Å². The number of nitrogens with zero attached hydrogens (tertiary/aromatic N) is 2. The average Bonchev–Trinajstić information content (AvgIpc) is 2.59. The molecule has 2 heterocycles. The van der Waals surface area contributed by atoms with Crippen LogP contribution in [0.15, 0.2) is 24.5 Å². The van der Waals surface area contributed by atoms with Gasteiger partial charge >= 0.3 is 0 Å². The molecule has 1 saturated heterocycles. The first-order chi connectivity index (χ1) is 11.8. The molecule has 0 aliphatic carbocycles. The van der Waals surface area contributed by atoms with Crippen molar-refractivity contribution >= 4 is 11.8 Å². The second kappa shape index (κ2) is 8.45. The normalized spacial score (nSPS) is 21.0. The van der Waals surface area contributed by atoms with E-state index < -0.39 is 0 Å². The van der Waals surface area contributed by atoms with E-state index in [0.29, 0.717) is 24.8 Å². The van der Waals surface area contributed by atoms with E-state index in [9.17, 15) is 9.59 Å². The Morgan fingerprint density at radius 2 is 2.08 bits per heavy atom. The van der Waals surface area contributed by atoms with Crippen LogP contribution in [0.2, 0.25) is 0 Å². The highest BCUT2D eigenvalue weighted by Gasteiger charge is 2.35. The van der Waals surface area contributed by atoms with Crippen molar-refractivity contribution in [1.29, 1.82) is 0 Å². The molecule has 2 rings (SSSR count). The summed E-state index contributed by atoms with van der Waals surface area (Å²) in [4.78, 5) is 30.9. The van der Waals surface area contributed by atoms with Gasteiger partial charge in [0.25, 0.3) is 0 Å². The molecule has 0 aromatic carbocycles. The van der Waals surface area contributed by atoms with E-state index in [-0.39, 0.29) is 17.2 Å². The SMILES string of the molecule is CC[C@H]1CN(C(=O)C(C)(C)C)CC[C@H]1CC(=O)NCc1cccnc1. The van der Waals surface area contributed by atoms with Gasteiger partial charge in [0.15, 0.2) is 0 Å². The minimum absolute atomic E-state index is 0.0860. The maximum Gasteiger partial charge on any atom is 0.227 e. The number of likely N-dealkylation sites (tertiary alicyclic amines) is 1. The van der Waals surface area contributed by atoms with E-state index >= 15 is 0 Å². The summed E-state index contributed by atoms with van der Waals surface area (Å²) in [6, 6.07) is 3.83. The molecule has 0 unspecified atom stereocenters. The standard InChI is InChI=1S/C20H31N3O2/c1-5-16-14-23(19(25)20(2,3)4)10-8-17(16)11-18(24)22-13-15-7-6-9-21-12-15/h6-7,9,12,16-17H,5,8,10-11,13-14H2,1-4H3,(H,22,24)/t16-,17-/m0/s1. The summed E-state index contributed by atoms with van der Waals surface area (Å²) >= 11 is 0. The Morgan fingerprint density at radius 1 is 1.32 bits per heavy atom. The molecule has 1 aromatic heterocycles. The van der Waals surface area contributed by atoms with Crippen LogP contribution in [0.1, 0.15) is 52.5 Å². The van der Waals surface area contributed by atoms with Crippen molar-refractivity contribution in [2.24, 2.45) is 17.3 Å². The lowest BCUT2D eigenvalue weighted by atomic mass is 9.80. The predicted molar refractivity (Wildman–Crippen MR) is 98.6 cm³/mol. The molecule has 1 aromatic rings. The summed E-state index contributed by atoms with van der Waals surface area (Å²) in [6.45, 7) is 10.1. The van der Waals surface area contributed by atoms with Crippen LogP contribution in [-0.2, 0) is 16.1 Å². The largest absolute Gasteiger partial charge is 0.352 e. The number of piperidine rings is 1. The molecule has 138 valence electrons. The van der Waals surface area contributed by atoms with Crippen LogP contribution in [0.3, 0.4) is 0 Å². The zero-order valence-corrected chi connectivity index (χ0v) is 15.9. The maximum absolute atomic E-state index is 12.5. The number of nitrogens with one attached hydrogen (secondary N) is 1. The van der Waals surface area contributed by atoms with Crippen molar-refractivity contribution in [3.63, 3.8) is 0 Å². The van der Waals surface area contributed by atoms with Crippen LogP contribution in [0.25, 0.3) is 0 Å². The Morgan fingerprint density at radius 3 is 2.68 bits per heavy atom. The summed E-state index contributed by atoms with van der Waals surface area (Å²) < 4.78 is 0. The fourth-order valence-corrected chi connectivity index (χ4v) is 3.48. The van der Waals surface area contributed by atoms with Gasteiger partial charge in [-0.05, 0) is 29.9 Å². The van der Waals surface area contributed by atoms with E-state index in [4.69, 9.17) is 0 Å². The predicted octanol–water partition coefficient (Wildman–Crippen LogP) is 3.01. The Bertz CT molecular complexity index is 580. The van der Waals surface area contributed by atoms with Gasteiger partial charge in [-0.1, -0.05) is 40.2 Å². The molecule has 5 heteroatoms. The average molecular weight is 345 g/mol. The van der Waals surface area contributed by atoms with Crippen LogP contribution in [0, 0.1) is 17.3 Å². The van der Waals surface area contributed by atoms with Crippen LogP contribution >= 0.6 is 0 Å². The van der Waals surface area contributed by atoms with Crippen molar-refractivity contribution in [3.05, 3.63) is 30.1 Å². The quantitative estimate of drug-likeness (QED) is 0.892. The first kappa shape index (κ1) is 19.4. The molecule has 1 N–H and O–H groups in total. The third-order valence-corrected chi connectivity index (χ3v) is 5.00. The number of hydrogen-bond donors (Lipinski definition) is 1. The van der Waals surface area contributed by atoms with Crippen molar-refractivity contribution in [3.8, 4) is 0 Å². The third kappa shape index (κ3) is 5.55. The number of carbonyl (C=O) groups is 2. The lowest BCUT2D eigenvalue weighted by Crippen LogP contribution is -2.48.